The number of ether oxygens (including phenoxy) is 1. The molecular formula is C20H26N2O2S2. The van der Waals surface area contributed by atoms with Gasteiger partial charge in [0.05, 0.1) is 6.61 Å². The first kappa shape index (κ1) is 19.1. The number of carbonyl (C=O) groups excluding carboxylic acids is 1. The summed E-state index contributed by atoms with van der Waals surface area (Å²) in [6.07, 6.45) is 3.18. The van der Waals surface area contributed by atoms with E-state index in [1.54, 1.807) is 0 Å². The smallest absolute Gasteiger partial charge is 0.321 e. The lowest BCUT2D eigenvalue weighted by molar-refractivity contribution is 0.215. The fourth-order valence-electron chi connectivity index (χ4n) is 2.85. The van der Waals surface area contributed by atoms with Gasteiger partial charge in [-0.2, -0.15) is 11.8 Å². The number of anilines is 1. The van der Waals surface area contributed by atoms with Crippen molar-refractivity contribution >= 4 is 34.8 Å². The van der Waals surface area contributed by atoms with Crippen LogP contribution in [0.5, 0.6) is 5.75 Å². The van der Waals surface area contributed by atoms with Crippen LogP contribution in [0.3, 0.4) is 0 Å². The van der Waals surface area contributed by atoms with Gasteiger partial charge in [-0.1, -0.05) is 19.4 Å². The van der Waals surface area contributed by atoms with Crippen molar-refractivity contribution in [3.8, 4) is 5.75 Å². The average molecular weight is 391 g/mol. The van der Waals surface area contributed by atoms with Crippen LogP contribution in [0.15, 0.2) is 41.8 Å². The van der Waals surface area contributed by atoms with E-state index in [0.717, 1.165) is 56.1 Å². The van der Waals surface area contributed by atoms with E-state index < -0.39 is 0 Å². The summed E-state index contributed by atoms with van der Waals surface area (Å²) in [6.45, 7) is 4.46. The Morgan fingerprint density at radius 1 is 1.27 bits per heavy atom. The predicted molar refractivity (Wildman–Crippen MR) is 112 cm³/mol. The molecule has 3 rings (SSSR count). The summed E-state index contributed by atoms with van der Waals surface area (Å²) in [5.74, 6) is 1.82. The number of thiophene rings is 1. The molecule has 1 aliphatic heterocycles. The van der Waals surface area contributed by atoms with Crippen LogP contribution in [-0.4, -0.2) is 36.4 Å². The van der Waals surface area contributed by atoms with Crippen LogP contribution in [-0.2, 0) is 0 Å². The fourth-order valence-corrected chi connectivity index (χ4v) is 5.08. The highest BCUT2D eigenvalue weighted by Crippen LogP contribution is 2.36. The van der Waals surface area contributed by atoms with Crippen LogP contribution >= 0.6 is 23.1 Å². The third kappa shape index (κ3) is 5.42. The quantitative estimate of drug-likeness (QED) is 0.649. The summed E-state index contributed by atoms with van der Waals surface area (Å²) in [7, 11) is 0. The maximum Gasteiger partial charge on any atom is 0.321 e. The number of hydrogen-bond acceptors (Lipinski definition) is 4. The molecule has 1 aliphatic rings. The zero-order chi connectivity index (χ0) is 18.2. The molecule has 0 radical (unpaired) electrons. The SMILES string of the molecule is CCCCOc1ccc(NC(=O)N2CCSC(c3cccs3)CC2)cc1. The highest BCUT2D eigenvalue weighted by molar-refractivity contribution is 7.99. The molecule has 0 spiro atoms. The van der Waals surface area contributed by atoms with Gasteiger partial charge in [0.25, 0.3) is 0 Å². The molecule has 1 aromatic heterocycles. The van der Waals surface area contributed by atoms with Gasteiger partial charge < -0.3 is 15.0 Å². The Balaban J connectivity index is 1.50. The van der Waals surface area contributed by atoms with E-state index in [1.165, 1.54) is 4.88 Å². The zero-order valence-corrected chi connectivity index (χ0v) is 16.8. The van der Waals surface area contributed by atoms with Gasteiger partial charge in [-0.15, -0.1) is 11.3 Å². The molecule has 0 bridgehead atoms. The number of unbranched alkanes of at least 4 members (excludes halogenated alkanes) is 1. The summed E-state index contributed by atoms with van der Waals surface area (Å²) in [5, 5.41) is 5.64. The van der Waals surface area contributed by atoms with Gasteiger partial charge in [-0.25, -0.2) is 4.79 Å². The summed E-state index contributed by atoms with van der Waals surface area (Å²) in [6, 6.07) is 11.9. The van der Waals surface area contributed by atoms with Crippen molar-refractivity contribution in [2.24, 2.45) is 0 Å². The van der Waals surface area contributed by atoms with Crippen molar-refractivity contribution in [3.63, 3.8) is 0 Å². The molecule has 1 unspecified atom stereocenters. The van der Waals surface area contributed by atoms with Crippen molar-refractivity contribution in [2.75, 3.05) is 30.8 Å². The van der Waals surface area contributed by atoms with E-state index in [1.807, 2.05) is 52.3 Å². The molecule has 0 aliphatic carbocycles. The first-order valence-corrected chi connectivity index (χ1v) is 11.1. The highest BCUT2D eigenvalue weighted by Gasteiger charge is 2.22. The van der Waals surface area contributed by atoms with Gasteiger partial charge in [0.2, 0.25) is 0 Å². The number of benzene rings is 1. The first-order valence-electron chi connectivity index (χ1n) is 9.20. The molecule has 4 nitrogen and oxygen atoms in total. The molecule has 1 fully saturated rings. The second-order valence-electron chi connectivity index (χ2n) is 6.31. The Hall–Kier alpha value is -1.66. The number of amides is 2. The molecule has 2 aromatic rings. The Morgan fingerprint density at radius 3 is 2.85 bits per heavy atom. The molecule has 26 heavy (non-hydrogen) atoms. The van der Waals surface area contributed by atoms with Gasteiger partial charge in [0.1, 0.15) is 5.75 Å². The van der Waals surface area contributed by atoms with Gasteiger partial charge >= 0.3 is 6.03 Å². The van der Waals surface area contributed by atoms with E-state index in [0.29, 0.717) is 5.25 Å². The summed E-state index contributed by atoms with van der Waals surface area (Å²) < 4.78 is 5.66. The van der Waals surface area contributed by atoms with Gasteiger partial charge in [-0.05, 0) is 48.6 Å². The number of rotatable bonds is 6. The van der Waals surface area contributed by atoms with Crippen LogP contribution in [0.25, 0.3) is 0 Å². The number of carbonyl (C=O) groups is 1. The monoisotopic (exact) mass is 390 g/mol. The number of nitrogens with one attached hydrogen (secondary N) is 1. The van der Waals surface area contributed by atoms with Gasteiger partial charge in [0, 0.05) is 34.7 Å². The van der Waals surface area contributed by atoms with Crippen molar-refractivity contribution < 1.29 is 9.53 Å². The minimum absolute atomic E-state index is 0.0166. The number of thioether (sulfide) groups is 1. The zero-order valence-electron chi connectivity index (χ0n) is 15.1. The third-order valence-electron chi connectivity index (χ3n) is 4.36. The molecule has 1 atom stereocenters. The second-order valence-corrected chi connectivity index (χ2v) is 8.60. The lowest BCUT2D eigenvalue weighted by Crippen LogP contribution is -2.36. The third-order valence-corrected chi connectivity index (χ3v) is 6.81. The second kappa shape index (κ2) is 9.88. The Bertz CT molecular complexity index is 674. The topological polar surface area (TPSA) is 41.6 Å². The highest BCUT2D eigenvalue weighted by atomic mass is 32.2. The molecule has 0 saturated carbocycles. The normalized spacial score (nSPS) is 17.6. The molecule has 2 heterocycles. The molecule has 140 valence electrons. The van der Waals surface area contributed by atoms with Gasteiger partial charge in [0.15, 0.2) is 0 Å². The van der Waals surface area contributed by atoms with E-state index in [-0.39, 0.29) is 6.03 Å². The first-order chi connectivity index (χ1) is 12.8. The summed E-state index contributed by atoms with van der Waals surface area (Å²) in [5.41, 5.74) is 0.810. The number of urea groups is 1. The van der Waals surface area contributed by atoms with Crippen molar-refractivity contribution in [1.82, 2.24) is 4.90 Å². The molecule has 1 N–H and O–H groups in total. The van der Waals surface area contributed by atoms with Crippen molar-refractivity contribution in [3.05, 3.63) is 46.7 Å². The van der Waals surface area contributed by atoms with E-state index in [2.05, 4.69) is 29.8 Å². The Morgan fingerprint density at radius 2 is 2.12 bits per heavy atom. The van der Waals surface area contributed by atoms with E-state index in [4.69, 9.17) is 4.74 Å². The molecule has 1 saturated heterocycles. The Labute approximate surface area is 163 Å². The predicted octanol–water partition coefficient (Wildman–Crippen LogP) is 5.64. The van der Waals surface area contributed by atoms with Crippen molar-refractivity contribution in [2.45, 2.75) is 31.4 Å². The van der Waals surface area contributed by atoms with Crippen LogP contribution in [0, 0.1) is 0 Å². The Kier molecular flexibility index (Phi) is 7.26. The van der Waals surface area contributed by atoms with Gasteiger partial charge in [-0.3, -0.25) is 0 Å². The maximum absolute atomic E-state index is 12.6. The molecule has 1 aromatic carbocycles. The summed E-state index contributed by atoms with van der Waals surface area (Å²) >= 11 is 3.76. The lowest BCUT2D eigenvalue weighted by Gasteiger charge is -2.21. The number of hydrogen-bond donors (Lipinski definition) is 1. The maximum atomic E-state index is 12.6. The number of nitrogens with zero attached hydrogens (tertiary/aromatic N) is 1. The molecular weight excluding hydrogens is 364 g/mol. The van der Waals surface area contributed by atoms with E-state index >= 15 is 0 Å². The van der Waals surface area contributed by atoms with E-state index in [9.17, 15) is 4.79 Å². The largest absolute Gasteiger partial charge is 0.494 e. The average Bonchev–Trinajstić information content (AvgIpc) is 3.08. The fraction of sp³-hybridized carbons (Fsp3) is 0.450. The van der Waals surface area contributed by atoms with Crippen LogP contribution in [0.1, 0.15) is 36.3 Å². The van der Waals surface area contributed by atoms with Crippen LogP contribution in [0.4, 0.5) is 10.5 Å². The van der Waals surface area contributed by atoms with Crippen molar-refractivity contribution in [1.29, 1.82) is 0 Å². The standard InChI is InChI=1S/C20H26N2O2S2/c1-2-3-13-24-17-8-6-16(7-9-17)21-20(23)22-11-10-19(26-15-12-22)18-5-4-14-25-18/h4-9,14,19H,2-3,10-13,15H2,1H3,(H,21,23). The minimum Gasteiger partial charge on any atom is -0.494 e. The summed E-state index contributed by atoms with van der Waals surface area (Å²) in [4.78, 5) is 15.9. The molecule has 6 heteroatoms. The van der Waals surface area contributed by atoms with Crippen LogP contribution in [0.2, 0.25) is 0 Å². The molecule has 2 amide bonds. The lowest BCUT2D eigenvalue weighted by atomic mass is 10.2. The minimum atomic E-state index is -0.0166. The van der Waals surface area contributed by atoms with Crippen LogP contribution < -0.4 is 10.1 Å².